The number of carbonyl (C=O) groups is 1. The fourth-order valence-corrected chi connectivity index (χ4v) is 3.19. The van der Waals surface area contributed by atoms with E-state index in [0.717, 1.165) is 23.3 Å². The molecule has 4 rings (SSSR count). The molecule has 0 amide bonds. The van der Waals surface area contributed by atoms with Crippen LogP contribution in [0.15, 0.2) is 81.6 Å². The first kappa shape index (κ1) is 20.7. The van der Waals surface area contributed by atoms with E-state index in [1.807, 2.05) is 31.2 Å². The summed E-state index contributed by atoms with van der Waals surface area (Å²) in [5, 5.41) is 10.4. The maximum absolute atomic E-state index is 12.9. The highest BCUT2D eigenvalue weighted by molar-refractivity contribution is 5.97. The Morgan fingerprint density at radius 3 is 2.23 bits per heavy atom. The average molecular weight is 426 g/mol. The van der Waals surface area contributed by atoms with Crippen LogP contribution in [0.3, 0.4) is 0 Å². The van der Waals surface area contributed by atoms with E-state index >= 15 is 0 Å². The summed E-state index contributed by atoms with van der Waals surface area (Å²) in [5.41, 5.74) is 1.18. The molecule has 158 valence electrons. The number of aliphatic hydroxyl groups is 1. The van der Waals surface area contributed by atoms with Crippen molar-refractivity contribution in [1.82, 2.24) is 0 Å². The van der Waals surface area contributed by atoms with Gasteiger partial charge >= 0.3 is 6.18 Å². The third-order valence-electron chi connectivity index (χ3n) is 4.77. The topological polar surface area (TPSA) is 63.6 Å². The monoisotopic (exact) mass is 426 g/mol. The van der Waals surface area contributed by atoms with Gasteiger partial charge in [0.05, 0.1) is 5.56 Å². The van der Waals surface area contributed by atoms with E-state index in [-0.39, 0.29) is 22.8 Å². The highest BCUT2D eigenvalue weighted by atomic mass is 19.4. The minimum Gasteiger partial charge on any atom is -0.458 e. The average Bonchev–Trinajstić information content (AvgIpc) is 3.42. The van der Waals surface area contributed by atoms with Gasteiger partial charge in [0.2, 0.25) is 5.78 Å². The van der Waals surface area contributed by atoms with Crippen LogP contribution in [0.1, 0.15) is 33.5 Å². The summed E-state index contributed by atoms with van der Waals surface area (Å²) in [7, 11) is 0. The first-order chi connectivity index (χ1) is 14.7. The first-order valence-electron chi connectivity index (χ1n) is 9.39. The Labute approximate surface area is 175 Å². The van der Waals surface area contributed by atoms with Crippen LogP contribution in [-0.4, -0.2) is 10.9 Å². The van der Waals surface area contributed by atoms with Crippen molar-refractivity contribution in [2.75, 3.05) is 0 Å². The number of halogens is 3. The molecule has 0 saturated carbocycles. The summed E-state index contributed by atoms with van der Waals surface area (Å²) < 4.78 is 49.9. The molecular weight excluding hydrogens is 409 g/mol. The van der Waals surface area contributed by atoms with Gasteiger partial charge in [-0.25, -0.2) is 0 Å². The van der Waals surface area contributed by atoms with Crippen LogP contribution in [-0.2, 0) is 6.18 Å². The van der Waals surface area contributed by atoms with Crippen molar-refractivity contribution < 1.29 is 31.9 Å². The second-order valence-corrected chi connectivity index (χ2v) is 7.08. The highest BCUT2D eigenvalue weighted by Crippen LogP contribution is 2.34. The number of benzene rings is 2. The lowest BCUT2D eigenvalue weighted by Crippen LogP contribution is -2.10. The van der Waals surface area contributed by atoms with Crippen LogP contribution >= 0.6 is 0 Å². The highest BCUT2D eigenvalue weighted by Gasteiger charge is 2.31. The Morgan fingerprint density at radius 1 is 0.871 bits per heavy atom. The maximum atomic E-state index is 12.9. The molecule has 0 aliphatic rings. The Balaban J connectivity index is 1.55. The van der Waals surface area contributed by atoms with Gasteiger partial charge in [-0.2, -0.15) is 13.2 Å². The van der Waals surface area contributed by atoms with Crippen molar-refractivity contribution in [2.45, 2.75) is 19.2 Å². The molecule has 31 heavy (non-hydrogen) atoms. The van der Waals surface area contributed by atoms with E-state index in [1.165, 1.54) is 30.3 Å². The molecule has 0 aliphatic carbocycles. The summed E-state index contributed by atoms with van der Waals surface area (Å²) in [4.78, 5) is 12.6. The van der Waals surface area contributed by atoms with Gasteiger partial charge < -0.3 is 13.9 Å². The van der Waals surface area contributed by atoms with Gasteiger partial charge in [-0.15, -0.1) is 0 Å². The smallest absolute Gasteiger partial charge is 0.416 e. The standard InChI is InChI=1S/C24H17F3O4/c1-14-4-2-5-15(12-14)18-8-10-20(30-18)22(28)23(29)21-11-9-19(31-21)16-6-3-7-17(13-16)24(25,26)27/h2-13,23,29H,1H3. The first-order valence-corrected chi connectivity index (χ1v) is 9.39. The van der Waals surface area contributed by atoms with Crippen molar-refractivity contribution in [3.8, 4) is 22.6 Å². The molecule has 0 bridgehead atoms. The zero-order valence-corrected chi connectivity index (χ0v) is 16.3. The minimum absolute atomic E-state index is 0.0546. The number of hydrogen-bond acceptors (Lipinski definition) is 4. The zero-order chi connectivity index (χ0) is 22.2. The van der Waals surface area contributed by atoms with E-state index in [2.05, 4.69) is 0 Å². The van der Waals surface area contributed by atoms with Crippen molar-refractivity contribution in [3.63, 3.8) is 0 Å². The molecule has 1 atom stereocenters. The number of alkyl halides is 3. The van der Waals surface area contributed by atoms with E-state index in [4.69, 9.17) is 8.83 Å². The number of furan rings is 2. The van der Waals surface area contributed by atoms with Crippen LogP contribution in [0.2, 0.25) is 0 Å². The molecule has 2 aromatic heterocycles. The minimum atomic E-state index is -4.49. The van der Waals surface area contributed by atoms with Crippen molar-refractivity contribution >= 4 is 5.78 Å². The van der Waals surface area contributed by atoms with Crippen LogP contribution in [0.5, 0.6) is 0 Å². The van der Waals surface area contributed by atoms with Crippen LogP contribution in [0.25, 0.3) is 22.6 Å². The number of Topliss-reactive ketones (excluding diaryl/α,β-unsaturated/α-hetero) is 1. The molecule has 7 heteroatoms. The summed E-state index contributed by atoms with van der Waals surface area (Å²) in [5.74, 6) is -0.285. The lowest BCUT2D eigenvalue weighted by Gasteiger charge is -2.08. The molecule has 0 radical (unpaired) electrons. The number of carbonyl (C=O) groups excluding carboxylic acids is 1. The fourth-order valence-electron chi connectivity index (χ4n) is 3.19. The lowest BCUT2D eigenvalue weighted by atomic mass is 10.1. The number of ketones is 1. The van der Waals surface area contributed by atoms with Gasteiger partial charge in [0, 0.05) is 11.1 Å². The van der Waals surface area contributed by atoms with Gasteiger partial charge in [-0.05, 0) is 49.4 Å². The molecule has 4 aromatic rings. The summed E-state index contributed by atoms with van der Waals surface area (Å²) in [6.45, 7) is 1.93. The van der Waals surface area contributed by atoms with Crippen LogP contribution in [0, 0.1) is 6.92 Å². The third kappa shape index (κ3) is 4.32. The molecule has 2 aromatic carbocycles. The van der Waals surface area contributed by atoms with E-state index < -0.39 is 23.6 Å². The Morgan fingerprint density at radius 2 is 1.52 bits per heavy atom. The summed E-state index contributed by atoms with van der Waals surface area (Å²) >= 11 is 0. The second kappa shape index (κ2) is 7.92. The second-order valence-electron chi connectivity index (χ2n) is 7.08. The maximum Gasteiger partial charge on any atom is 0.416 e. The SMILES string of the molecule is Cc1cccc(-c2ccc(C(=O)C(O)c3ccc(-c4cccc(C(F)(F)F)c4)o3)o2)c1. The molecule has 2 heterocycles. The normalized spacial score (nSPS) is 12.7. The van der Waals surface area contributed by atoms with Crippen molar-refractivity contribution in [2.24, 2.45) is 0 Å². The predicted octanol–water partition coefficient (Wildman–Crippen LogP) is 6.45. The van der Waals surface area contributed by atoms with Gasteiger partial charge in [0.1, 0.15) is 17.3 Å². The lowest BCUT2D eigenvalue weighted by molar-refractivity contribution is -0.137. The van der Waals surface area contributed by atoms with Crippen molar-refractivity contribution in [1.29, 1.82) is 0 Å². The van der Waals surface area contributed by atoms with Gasteiger partial charge in [-0.3, -0.25) is 4.79 Å². The Bertz CT molecular complexity index is 1230. The molecule has 1 N–H and O–H groups in total. The van der Waals surface area contributed by atoms with Crippen LogP contribution < -0.4 is 0 Å². The zero-order valence-electron chi connectivity index (χ0n) is 16.3. The number of rotatable bonds is 5. The fraction of sp³-hybridized carbons (Fsp3) is 0.125. The van der Waals surface area contributed by atoms with Crippen molar-refractivity contribution in [3.05, 3.63) is 95.4 Å². The van der Waals surface area contributed by atoms with Gasteiger partial charge in [0.25, 0.3) is 0 Å². The number of aryl methyl sites for hydroxylation is 1. The third-order valence-corrected chi connectivity index (χ3v) is 4.77. The Kier molecular flexibility index (Phi) is 5.29. The molecular formula is C24H17F3O4. The number of aliphatic hydroxyl groups excluding tert-OH is 1. The Hall–Kier alpha value is -3.58. The van der Waals surface area contributed by atoms with E-state index in [9.17, 15) is 23.1 Å². The molecule has 0 fully saturated rings. The summed E-state index contributed by atoms with van der Waals surface area (Å²) in [6.07, 6.45) is -6.15. The van der Waals surface area contributed by atoms with Gasteiger partial charge in [0.15, 0.2) is 11.9 Å². The quantitative estimate of drug-likeness (QED) is 0.373. The van der Waals surface area contributed by atoms with Crippen LogP contribution in [0.4, 0.5) is 13.2 Å². The molecule has 0 spiro atoms. The largest absolute Gasteiger partial charge is 0.458 e. The molecule has 1 unspecified atom stereocenters. The van der Waals surface area contributed by atoms with E-state index in [0.29, 0.717) is 5.76 Å². The molecule has 4 nitrogen and oxygen atoms in total. The molecule has 0 aliphatic heterocycles. The van der Waals surface area contributed by atoms with Gasteiger partial charge in [-0.1, -0.05) is 35.9 Å². The molecule has 0 saturated heterocycles. The predicted molar refractivity (Wildman–Crippen MR) is 107 cm³/mol. The number of hydrogen-bond donors (Lipinski definition) is 1. The van der Waals surface area contributed by atoms with E-state index in [1.54, 1.807) is 6.07 Å². The summed E-state index contributed by atoms with van der Waals surface area (Å²) in [6, 6.07) is 18.0.